The van der Waals surface area contributed by atoms with Crippen molar-refractivity contribution < 1.29 is 39.5 Å². The van der Waals surface area contributed by atoms with Crippen molar-refractivity contribution in [3.63, 3.8) is 0 Å². The van der Waals surface area contributed by atoms with Crippen molar-refractivity contribution >= 4 is 15.9 Å². The summed E-state index contributed by atoms with van der Waals surface area (Å²) >= 11 is 1.61. The van der Waals surface area contributed by atoms with Gasteiger partial charge >= 0.3 is 23.9 Å². The first-order chi connectivity index (χ1) is 6.31. The summed E-state index contributed by atoms with van der Waals surface area (Å²) in [5, 5.41) is -0.903. The van der Waals surface area contributed by atoms with E-state index in [2.05, 4.69) is 0 Å². The van der Waals surface area contributed by atoms with Gasteiger partial charge in [0.05, 0.1) is 0 Å². The molecule has 15 heavy (non-hydrogen) atoms. The largest absolute Gasteiger partial charge is 0.460 e. The lowest BCUT2D eigenvalue weighted by Gasteiger charge is -2.32. The molecule has 10 heteroatoms. The van der Waals surface area contributed by atoms with E-state index in [0.29, 0.717) is 0 Å². The van der Waals surface area contributed by atoms with Crippen molar-refractivity contribution in [1.82, 2.24) is 0 Å². The van der Waals surface area contributed by atoms with E-state index >= 15 is 0 Å². The number of rotatable bonds is 3. The molecule has 0 aromatic rings. The van der Waals surface area contributed by atoms with E-state index in [1.165, 1.54) is 0 Å². The molecular formula is C5HBrF9. The average molecular weight is 312 g/mol. The van der Waals surface area contributed by atoms with Crippen LogP contribution >= 0.6 is 15.9 Å². The van der Waals surface area contributed by atoms with Crippen LogP contribution in [0.25, 0.3) is 0 Å². The standard InChI is InChI=1S/C5HBrF9/c6-1-2(7,8)3(9,10)4(11,12)5(13,14)15/h1H. The molecule has 0 spiro atoms. The Kier molecular flexibility index (Phi) is 3.67. The maximum Gasteiger partial charge on any atom is 0.460 e. The molecule has 0 rings (SSSR count). The van der Waals surface area contributed by atoms with E-state index in [1.54, 1.807) is 15.9 Å². The van der Waals surface area contributed by atoms with Crippen LogP contribution in [0.2, 0.25) is 0 Å². The molecular weight excluding hydrogens is 311 g/mol. The van der Waals surface area contributed by atoms with Crippen molar-refractivity contribution in [3.05, 3.63) is 5.33 Å². The van der Waals surface area contributed by atoms with Crippen molar-refractivity contribution in [2.24, 2.45) is 0 Å². The summed E-state index contributed by atoms with van der Waals surface area (Å²) < 4.78 is 107. The topological polar surface area (TPSA) is 0 Å². The van der Waals surface area contributed by atoms with Crippen molar-refractivity contribution in [3.8, 4) is 0 Å². The van der Waals surface area contributed by atoms with Crippen LogP contribution in [0.1, 0.15) is 0 Å². The van der Waals surface area contributed by atoms with Gasteiger partial charge < -0.3 is 0 Å². The number of halogens is 10. The Balaban J connectivity index is 5.38. The quantitative estimate of drug-likeness (QED) is 0.691. The molecule has 0 aliphatic rings. The smallest absolute Gasteiger partial charge is 0.198 e. The van der Waals surface area contributed by atoms with E-state index in [0.717, 1.165) is 0 Å². The Labute approximate surface area is 85.6 Å². The van der Waals surface area contributed by atoms with Crippen LogP contribution in [0.5, 0.6) is 0 Å². The Morgan fingerprint density at radius 2 is 1.00 bits per heavy atom. The van der Waals surface area contributed by atoms with Crippen molar-refractivity contribution in [1.29, 1.82) is 0 Å². The zero-order valence-electron chi connectivity index (χ0n) is 6.36. The van der Waals surface area contributed by atoms with Crippen LogP contribution in [0.15, 0.2) is 0 Å². The second kappa shape index (κ2) is 3.70. The Morgan fingerprint density at radius 3 is 1.20 bits per heavy atom. The minimum Gasteiger partial charge on any atom is -0.198 e. The summed E-state index contributed by atoms with van der Waals surface area (Å²) in [4.78, 5) is 0. The van der Waals surface area contributed by atoms with E-state index in [9.17, 15) is 39.5 Å². The third-order valence-electron chi connectivity index (χ3n) is 1.31. The monoisotopic (exact) mass is 311 g/mol. The van der Waals surface area contributed by atoms with Gasteiger partial charge in [0.1, 0.15) is 5.33 Å². The Morgan fingerprint density at radius 1 is 0.667 bits per heavy atom. The fourth-order valence-electron chi connectivity index (χ4n) is 0.456. The van der Waals surface area contributed by atoms with Gasteiger partial charge in [-0.2, -0.15) is 39.5 Å². The normalized spacial score (nSPS) is 15.6. The van der Waals surface area contributed by atoms with E-state index in [-0.39, 0.29) is 0 Å². The first-order valence-corrected chi connectivity index (χ1v) is 3.87. The molecule has 0 unspecified atom stereocenters. The number of alkyl halides is 9. The summed E-state index contributed by atoms with van der Waals surface area (Å²) in [6, 6.07) is 0. The second-order valence-corrected chi connectivity index (χ2v) is 2.84. The van der Waals surface area contributed by atoms with E-state index < -0.39 is 29.3 Å². The highest BCUT2D eigenvalue weighted by Gasteiger charge is 2.81. The fourth-order valence-corrected chi connectivity index (χ4v) is 0.743. The third-order valence-corrected chi connectivity index (χ3v) is 1.88. The van der Waals surface area contributed by atoms with Crippen LogP contribution in [-0.4, -0.2) is 23.9 Å². The van der Waals surface area contributed by atoms with Gasteiger partial charge in [0.2, 0.25) is 0 Å². The summed E-state index contributed by atoms with van der Waals surface area (Å²) in [5.41, 5.74) is 0. The molecule has 1 radical (unpaired) electrons. The van der Waals surface area contributed by atoms with Crippen LogP contribution in [0.4, 0.5) is 39.5 Å². The fraction of sp³-hybridized carbons (Fsp3) is 0.800. The molecule has 0 fully saturated rings. The highest BCUT2D eigenvalue weighted by Crippen LogP contribution is 2.54. The Hall–Kier alpha value is -0.150. The van der Waals surface area contributed by atoms with E-state index in [1.807, 2.05) is 0 Å². The van der Waals surface area contributed by atoms with Gasteiger partial charge in [0.25, 0.3) is 0 Å². The SMILES string of the molecule is FC(F)(F)C(F)(F)C(F)(F)C(F)(F)[CH]Br. The molecule has 0 aliphatic heterocycles. The molecule has 0 nitrogen and oxygen atoms in total. The highest BCUT2D eigenvalue weighted by molar-refractivity contribution is 9.10. The molecule has 0 saturated carbocycles. The second-order valence-electron chi connectivity index (χ2n) is 2.38. The third kappa shape index (κ3) is 2.18. The summed E-state index contributed by atoms with van der Waals surface area (Å²) in [7, 11) is 0. The molecule has 0 atom stereocenters. The van der Waals surface area contributed by atoms with Crippen LogP contribution in [-0.2, 0) is 0 Å². The molecule has 0 aliphatic carbocycles. The van der Waals surface area contributed by atoms with Gasteiger partial charge in [0, 0.05) is 0 Å². The highest BCUT2D eigenvalue weighted by atomic mass is 79.9. The first kappa shape index (κ1) is 14.8. The summed E-state index contributed by atoms with van der Waals surface area (Å²) in [6.07, 6.45) is -6.77. The number of hydrogen-bond donors (Lipinski definition) is 0. The van der Waals surface area contributed by atoms with Crippen LogP contribution in [0, 0.1) is 5.33 Å². The van der Waals surface area contributed by atoms with Crippen LogP contribution < -0.4 is 0 Å². The van der Waals surface area contributed by atoms with Gasteiger partial charge in [-0.25, -0.2) is 0 Å². The molecule has 0 saturated heterocycles. The first-order valence-electron chi connectivity index (χ1n) is 2.96. The lowest BCUT2D eigenvalue weighted by atomic mass is 10.1. The lowest BCUT2D eigenvalue weighted by molar-refractivity contribution is -0.389. The molecule has 0 aromatic heterocycles. The van der Waals surface area contributed by atoms with Crippen molar-refractivity contribution in [2.75, 3.05) is 0 Å². The molecule has 0 amide bonds. The zero-order valence-corrected chi connectivity index (χ0v) is 7.94. The predicted octanol–water partition coefficient (Wildman–Crippen LogP) is 4.01. The maximum atomic E-state index is 12.2. The minimum atomic E-state index is -6.83. The zero-order chi connectivity index (χ0) is 12.7. The average Bonchev–Trinajstić information content (AvgIpc) is 2.01. The van der Waals surface area contributed by atoms with Gasteiger partial charge in [0.15, 0.2) is 0 Å². The van der Waals surface area contributed by atoms with Gasteiger partial charge in [-0.15, -0.1) is 0 Å². The molecule has 91 valence electrons. The maximum absolute atomic E-state index is 12.2. The van der Waals surface area contributed by atoms with Crippen molar-refractivity contribution in [2.45, 2.75) is 23.9 Å². The van der Waals surface area contributed by atoms with Crippen LogP contribution in [0.3, 0.4) is 0 Å². The predicted molar refractivity (Wildman–Crippen MR) is 34.1 cm³/mol. The van der Waals surface area contributed by atoms with Gasteiger partial charge in [-0.3, -0.25) is 0 Å². The molecule has 0 aromatic carbocycles. The lowest BCUT2D eigenvalue weighted by Crippen LogP contribution is -2.60. The van der Waals surface area contributed by atoms with E-state index in [4.69, 9.17) is 0 Å². The molecule has 0 N–H and O–H groups in total. The molecule has 0 bridgehead atoms. The molecule has 0 heterocycles. The Bertz CT molecular complexity index is 229. The summed E-state index contributed by atoms with van der Waals surface area (Å²) in [6.45, 7) is 0. The van der Waals surface area contributed by atoms with Gasteiger partial charge in [-0.1, -0.05) is 15.9 Å². The summed E-state index contributed by atoms with van der Waals surface area (Å²) in [5.74, 6) is -19.0. The van der Waals surface area contributed by atoms with Gasteiger partial charge in [-0.05, 0) is 0 Å². The number of hydrogen-bond acceptors (Lipinski definition) is 0. The minimum absolute atomic E-state index is 0.903.